The normalized spacial score (nSPS) is 21.3. The van der Waals surface area contributed by atoms with Crippen molar-refractivity contribution in [2.45, 2.75) is 77.5 Å². The van der Waals surface area contributed by atoms with Gasteiger partial charge in [0.25, 0.3) is 0 Å². The number of aromatic amines is 2. The van der Waals surface area contributed by atoms with Gasteiger partial charge in [0.15, 0.2) is 0 Å². The van der Waals surface area contributed by atoms with E-state index >= 15 is 0 Å². The number of carbonyl (C=O) groups excluding carboxylic acids is 4. The SMILES string of the molecule is COC(=O)N[C@H](C(=O)N1C[C@@]2(CCOC2)C[C@H]1c1ncc(-c2ccc(-c3ccc4c(ccc5[nH]c([C@@H]6CCCN6C(=O)[C@@H](NC(=O)OC)C(C)C)nc54)c3)cc2)[nH]1)C(C)C. The molecule has 0 radical (unpaired) electrons. The molecule has 3 saturated heterocycles. The maximum Gasteiger partial charge on any atom is 0.407 e. The molecule has 4 amide bonds. The monoisotopic (exact) mass is 818 g/mol. The lowest BCUT2D eigenvalue weighted by molar-refractivity contribution is -0.136. The number of alkyl carbamates (subject to hydrolysis) is 2. The van der Waals surface area contributed by atoms with E-state index in [2.05, 4.69) is 69.1 Å². The number of nitrogens with zero attached hydrogens (tertiary/aromatic N) is 4. The largest absolute Gasteiger partial charge is 0.453 e. The summed E-state index contributed by atoms with van der Waals surface area (Å²) < 4.78 is 15.4. The molecule has 8 rings (SSSR count). The van der Waals surface area contributed by atoms with Crippen LogP contribution in [0.1, 0.15) is 77.1 Å². The van der Waals surface area contributed by atoms with Gasteiger partial charge in [0.1, 0.15) is 23.7 Å². The molecule has 3 aromatic carbocycles. The van der Waals surface area contributed by atoms with Crippen LogP contribution in [0.4, 0.5) is 9.59 Å². The summed E-state index contributed by atoms with van der Waals surface area (Å²) in [6.45, 7) is 9.99. The van der Waals surface area contributed by atoms with Crippen LogP contribution < -0.4 is 10.6 Å². The van der Waals surface area contributed by atoms with Crippen molar-refractivity contribution in [1.82, 2.24) is 40.4 Å². The molecule has 4 N–H and O–H groups in total. The minimum absolute atomic E-state index is 0.115. The van der Waals surface area contributed by atoms with Gasteiger partial charge in [-0.1, -0.05) is 70.2 Å². The summed E-state index contributed by atoms with van der Waals surface area (Å²) in [6, 6.07) is 16.8. The highest BCUT2D eigenvalue weighted by molar-refractivity contribution is 6.05. The standard InChI is InChI=1S/C45H54N8O7/c1-25(2)36(50-43(56)58-5)41(54)52-18-7-8-34(52)40-47-32-16-14-30-20-29(13-15-31(30)38(32)49-40)27-9-11-28(12-10-27)33-22-46-39(48-33)35-21-45(17-19-60-24-45)23-53(35)42(55)37(26(3)4)51-44(57)59-6/h9-16,20,22,25-26,34-37H,7-8,17-19,21,23-24H2,1-6H3,(H,46,48)(H,47,49)(H,50,56)(H,51,57)/t34-,35-,36-,37-,45+/m0/s1. The van der Waals surface area contributed by atoms with E-state index < -0.39 is 24.3 Å². The van der Waals surface area contributed by atoms with E-state index in [1.165, 1.54) is 14.2 Å². The number of likely N-dealkylation sites (tertiary alicyclic amines) is 2. The number of benzene rings is 3. The number of fused-ring (bicyclic) bond motifs is 3. The topological polar surface area (TPSA) is 184 Å². The molecule has 15 heteroatoms. The van der Waals surface area contributed by atoms with Gasteiger partial charge in [-0.15, -0.1) is 0 Å². The Kier molecular flexibility index (Phi) is 11.3. The Hall–Kier alpha value is -5.96. The lowest BCUT2D eigenvalue weighted by atomic mass is 9.85. The van der Waals surface area contributed by atoms with Crippen molar-refractivity contribution >= 4 is 45.8 Å². The molecule has 60 heavy (non-hydrogen) atoms. The molecule has 5 heterocycles. The first-order chi connectivity index (χ1) is 28.9. The van der Waals surface area contributed by atoms with Gasteiger partial charge in [-0.2, -0.15) is 0 Å². The molecular weight excluding hydrogens is 765 g/mol. The fourth-order valence-corrected chi connectivity index (χ4v) is 9.19. The molecule has 316 valence electrons. The summed E-state index contributed by atoms with van der Waals surface area (Å²) in [5.41, 5.74) is 5.51. The van der Waals surface area contributed by atoms with Crippen LogP contribution in [-0.2, 0) is 23.8 Å². The van der Waals surface area contributed by atoms with Crippen molar-refractivity contribution in [3.63, 3.8) is 0 Å². The first-order valence-electron chi connectivity index (χ1n) is 20.8. The van der Waals surface area contributed by atoms with Gasteiger partial charge in [0, 0.05) is 30.5 Å². The molecule has 2 aromatic heterocycles. The second-order valence-electron chi connectivity index (χ2n) is 17.2. The van der Waals surface area contributed by atoms with Crippen molar-refractivity contribution in [2.75, 3.05) is 40.5 Å². The molecule has 0 aliphatic carbocycles. The van der Waals surface area contributed by atoms with Crippen LogP contribution in [0.15, 0.2) is 60.8 Å². The summed E-state index contributed by atoms with van der Waals surface area (Å²) in [7, 11) is 2.59. The Labute approximate surface area is 348 Å². The number of H-pyrrole nitrogens is 2. The number of hydrogen-bond acceptors (Lipinski definition) is 9. The second-order valence-corrected chi connectivity index (χ2v) is 17.2. The first-order valence-corrected chi connectivity index (χ1v) is 20.8. The van der Waals surface area contributed by atoms with E-state index in [-0.39, 0.29) is 41.1 Å². The van der Waals surface area contributed by atoms with Crippen LogP contribution in [0.2, 0.25) is 0 Å². The summed E-state index contributed by atoms with van der Waals surface area (Å²) in [4.78, 5) is 72.6. The molecule has 0 unspecified atom stereocenters. The van der Waals surface area contributed by atoms with Gasteiger partial charge in [-0.05, 0) is 71.7 Å². The average molecular weight is 819 g/mol. The van der Waals surface area contributed by atoms with Gasteiger partial charge in [-0.25, -0.2) is 19.6 Å². The molecule has 5 aromatic rings. The fourth-order valence-electron chi connectivity index (χ4n) is 9.19. The number of aromatic nitrogens is 4. The molecule has 15 nitrogen and oxygen atoms in total. The molecule has 3 aliphatic heterocycles. The van der Waals surface area contributed by atoms with Crippen LogP contribution >= 0.6 is 0 Å². The zero-order chi connectivity index (χ0) is 42.3. The zero-order valence-electron chi connectivity index (χ0n) is 35.0. The van der Waals surface area contributed by atoms with E-state index in [9.17, 15) is 19.2 Å². The Morgan fingerprint density at radius 1 is 0.817 bits per heavy atom. The zero-order valence-corrected chi connectivity index (χ0v) is 35.0. The Morgan fingerprint density at radius 3 is 2.13 bits per heavy atom. The second kappa shape index (κ2) is 16.6. The lowest BCUT2D eigenvalue weighted by Gasteiger charge is -2.30. The molecule has 3 fully saturated rings. The van der Waals surface area contributed by atoms with Crippen molar-refractivity contribution in [3.05, 3.63) is 72.4 Å². The maximum absolute atomic E-state index is 14.1. The molecular formula is C45H54N8O7. The van der Waals surface area contributed by atoms with Crippen molar-refractivity contribution in [3.8, 4) is 22.4 Å². The first kappa shape index (κ1) is 40.8. The summed E-state index contributed by atoms with van der Waals surface area (Å²) in [5, 5.41) is 7.52. The number of nitrogens with one attached hydrogen (secondary N) is 4. The van der Waals surface area contributed by atoms with Crippen molar-refractivity contribution < 1.29 is 33.4 Å². The van der Waals surface area contributed by atoms with Crippen LogP contribution in [0, 0.1) is 17.3 Å². The smallest absolute Gasteiger partial charge is 0.407 e. The molecule has 0 bridgehead atoms. The maximum atomic E-state index is 14.1. The van der Waals surface area contributed by atoms with Gasteiger partial charge < -0.3 is 44.6 Å². The van der Waals surface area contributed by atoms with E-state index in [0.717, 1.165) is 75.7 Å². The number of rotatable bonds is 10. The number of carbonyl (C=O) groups is 4. The summed E-state index contributed by atoms with van der Waals surface area (Å²) in [5.74, 6) is 0.885. The highest BCUT2D eigenvalue weighted by Gasteiger charge is 2.51. The Morgan fingerprint density at radius 2 is 1.48 bits per heavy atom. The Balaban J connectivity index is 1.00. The predicted molar refractivity (Wildman–Crippen MR) is 226 cm³/mol. The van der Waals surface area contributed by atoms with Crippen LogP contribution in [0.25, 0.3) is 44.2 Å². The lowest BCUT2D eigenvalue weighted by Crippen LogP contribution is -2.51. The number of amides is 4. The predicted octanol–water partition coefficient (Wildman–Crippen LogP) is 6.88. The molecule has 1 spiro atoms. The van der Waals surface area contributed by atoms with E-state index in [0.29, 0.717) is 32.1 Å². The molecule has 5 atom stereocenters. The third-order valence-electron chi connectivity index (χ3n) is 12.5. The summed E-state index contributed by atoms with van der Waals surface area (Å²) in [6.07, 6.45) is 3.75. The van der Waals surface area contributed by atoms with Crippen LogP contribution in [0.3, 0.4) is 0 Å². The number of ether oxygens (including phenoxy) is 3. The average Bonchev–Trinajstić information content (AvgIpc) is 4.11. The fraction of sp³-hybridized carbons (Fsp3) is 0.467. The van der Waals surface area contributed by atoms with Gasteiger partial charge in [0.2, 0.25) is 11.8 Å². The quantitative estimate of drug-likeness (QED) is 0.117. The van der Waals surface area contributed by atoms with E-state index in [1.54, 1.807) is 0 Å². The van der Waals surface area contributed by atoms with Gasteiger partial charge in [0.05, 0.1) is 55.8 Å². The van der Waals surface area contributed by atoms with Gasteiger partial charge in [-0.3, -0.25) is 9.59 Å². The van der Waals surface area contributed by atoms with E-state index in [1.807, 2.05) is 49.8 Å². The van der Waals surface area contributed by atoms with Gasteiger partial charge >= 0.3 is 12.2 Å². The molecule has 0 saturated carbocycles. The minimum atomic E-state index is -0.737. The third-order valence-corrected chi connectivity index (χ3v) is 12.5. The number of imidazole rings is 2. The highest BCUT2D eigenvalue weighted by Crippen LogP contribution is 2.48. The minimum Gasteiger partial charge on any atom is -0.453 e. The molecule has 3 aliphatic rings. The number of hydrogen-bond donors (Lipinski definition) is 4. The van der Waals surface area contributed by atoms with E-state index in [4.69, 9.17) is 24.2 Å². The Bertz CT molecular complexity index is 2400. The van der Waals surface area contributed by atoms with Crippen molar-refractivity contribution in [2.24, 2.45) is 17.3 Å². The van der Waals surface area contributed by atoms with Crippen LogP contribution in [-0.4, -0.2) is 106 Å². The number of methoxy groups -OCH3 is 2. The summed E-state index contributed by atoms with van der Waals surface area (Å²) >= 11 is 0. The third kappa shape index (κ3) is 7.78. The van der Waals surface area contributed by atoms with Crippen molar-refractivity contribution in [1.29, 1.82) is 0 Å². The highest BCUT2D eigenvalue weighted by atomic mass is 16.5. The van der Waals surface area contributed by atoms with Crippen LogP contribution in [0.5, 0.6) is 0 Å².